The van der Waals surface area contributed by atoms with Crippen molar-refractivity contribution in [3.05, 3.63) is 23.3 Å². The number of aryl methyl sites for hydroxylation is 1. The molecule has 2 aliphatic rings. The number of hydrogen-bond acceptors (Lipinski definition) is 4. The molecule has 28 heavy (non-hydrogen) atoms. The molecule has 0 spiro atoms. The number of quaternary nitrogens is 1. The molecular formula is C22H33N2O4+. The number of nitrogens with zero attached hydrogens (tertiary/aromatic N) is 1. The normalized spacial score (nSPS) is 19.6. The van der Waals surface area contributed by atoms with E-state index in [0.717, 1.165) is 48.9 Å². The van der Waals surface area contributed by atoms with Gasteiger partial charge < -0.3 is 19.3 Å². The molecule has 1 saturated heterocycles. The predicted molar refractivity (Wildman–Crippen MR) is 109 cm³/mol. The molecule has 3 rings (SSSR count). The van der Waals surface area contributed by atoms with Crippen molar-refractivity contribution in [2.45, 2.75) is 58.4 Å². The Morgan fingerprint density at radius 1 is 1.14 bits per heavy atom. The molecule has 1 aliphatic heterocycles. The summed E-state index contributed by atoms with van der Waals surface area (Å²) in [6.45, 7) is 9.24. The maximum atomic E-state index is 13.6. The monoisotopic (exact) mass is 389 g/mol. The van der Waals surface area contributed by atoms with Crippen LogP contribution in [0.5, 0.6) is 5.75 Å². The first kappa shape index (κ1) is 20.6. The van der Waals surface area contributed by atoms with Crippen LogP contribution >= 0.6 is 0 Å². The number of esters is 1. The Kier molecular flexibility index (Phi) is 5.98. The molecule has 1 N–H and O–H groups in total. The maximum Gasteiger partial charge on any atom is 0.340 e. The van der Waals surface area contributed by atoms with Crippen LogP contribution in [0, 0.1) is 6.92 Å². The zero-order valence-electron chi connectivity index (χ0n) is 17.6. The Balaban J connectivity index is 1.96. The lowest BCUT2D eigenvalue weighted by Gasteiger charge is -2.54. The van der Waals surface area contributed by atoms with Crippen LogP contribution < -0.4 is 10.1 Å². The topological polar surface area (TPSA) is 64.6 Å². The number of carbonyl (C=O) groups excluding carboxylic acids is 2. The Bertz CT molecular complexity index is 749. The van der Waals surface area contributed by atoms with Gasteiger partial charge in [-0.3, -0.25) is 4.79 Å². The van der Waals surface area contributed by atoms with Crippen molar-refractivity contribution in [2.24, 2.45) is 0 Å². The molecule has 0 radical (unpaired) electrons. The Morgan fingerprint density at radius 2 is 1.82 bits per heavy atom. The van der Waals surface area contributed by atoms with Crippen molar-refractivity contribution in [1.82, 2.24) is 0 Å². The fraction of sp³-hybridized carbons (Fsp3) is 0.636. The lowest BCUT2D eigenvalue weighted by Crippen LogP contribution is -2.71. The number of likely N-dealkylation sites (tertiary alicyclic amines) is 1. The first-order valence-corrected chi connectivity index (χ1v) is 10.5. The van der Waals surface area contributed by atoms with E-state index in [1.165, 1.54) is 12.8 Å². The first-order valence-electron chi connectivity index (χ1n) is 10.5. The van der Waals surface area contributed by atoms with Crippen LogP contribution in [0.1, 0.15) is 61.9 Å². The van der Waals surface area contributed by atoms with Gasteiger partial charge in [-0.25, -0.2) is 4.79 Å². The molecule has 1 amide bonds. The highest BCUT2D eigenvalue weighted by Gasteiger charge is 2.60. The van der Waals surface area contributed by atoms with E-state index in [1.54, 1.807) is 20.1 Å². The summed E-state index contributed by atoms with van der Waals surface area (Å²) in [4.78, 5) is 26.1. The molecule has 1 heterocycles. The van der Waals surface area contributed by atoms with Crippen LogP contribution in [0.15, 0.2) is 12.1 Å². The van der Waals surface area contributed by atoms with E-state index in [-0.39, 0.29) is 18.1 Å². The average molecular weight is 390 g/mol. The SMILES string of the molecule is CCOC(=O)c1cc(OC)cc(C)c1NC(=O)C1([N+]2(CC)CCCC2)CCC1. The smallest absolute Gasteiger partial charge is 0.340 e. The molecule has 1 aromatic rings. The highest BCUT2D eigenvalue weighted by molar-refractivity contribution is 6.05. The number of carbonyl (C=O) groups is 2. The number of likely N-dealkylation sites (N-methyl/N-ethyl adjacent to an activating group) is 1. The Hall–Kier alpha value is -2.08. The number of ether oxygens (including phenoxy) is 2. The number of methoxy groups -OCH3 is 1. The quantitative estimate of drug-likeness (QED) is 0.571. The van der Waals surface area contributed by atoms with Crippen molar-refractivity contribution in [3.8, 4) is 5.75 Å². The molecule has 0 bridgehead atoms. The third-order valence-electron chi connectivity index (χ3n) is 6.82. The number of anilines is 1. The molecule has 6 nitrogen and oxygen atoms in total. The van der Waals surface area contributed by atoms with Crippen molar-refractivity contribution in [3.63, 3.8) is 0 Å². The van der Waals surface area contributed by atoms with Crippen molar-refractivity contribution >= 4 is 17.6 Å². The molecule has 1 aliphatic carbocycles. The summed E-state index contributed by atoms with van der Waals surface area (Å²) in [6, 6.07) is 3.49. The lowest BCUT2D eigenvalue weighted by molar-refractivity contribution is -0.960. The van der Waals surface area contributed by atoms with E-state index in [4.69, 9.17) is 9.47 Å². The van der Waals surface area contributed by atoms with Crippen LogP contribution in [0.3, 0.4) is 0 Å². The summed E-state index contributed by atoms with van der Waals surface area (Å²) < 4.78 is 11.4. The molecule has 2 fully saturated rings. The van der Waals surface area contributed by atoms with E-state index in [1.807, 2.05) is 13.0 Å². The maximum absolute atomic E-state index is 13.6. The Labute approximate surface area is 167 Å². The fourth-order valence-electron chi connectivity index (χ4n) is 5.05. The molecule has 6 heteroatoms. The van der Waals surface area contributed by atoms with Crippen LogP contribution in [-0.4, -0.2) is 55.2 Å². The second kappa shape index (κ2) is 8.11. The van der Waals surface area contributed by atoms with Crippen LogP contribution in [0.2, 0.25) is 0 Å². The summed E-state index contributed by atoms with van der Waals surface area (Å²) in [7, 11) is 1.56. The first-order chi connectivity index (χ1) is 13.4. The zero-order chi connectivity index (χ0) is 20.4. The average Bonchev–Trinajstić information content (AvgIpc) is 3.12. The minimum Gasteiger partial charge on any atom is -0.497 e. The molecule has 1 aromatic carbocycles. The van der Waals surface area contributed by atoms with Crippen molar-refractivity contribution in [2.75, 3.05) is 38.7 Å². The van der Waals surface area contributed by atoms with Gasteiger partial charge in [0.25, 0.3) is 5.91 Å². The molecule has 0 aromatic heterocycles. The standard InChI is InChI=1S/C22H32N2O4/c1-5-24(12-7-8-13-24)22(10-9-11-22)21(26)23-19-16(3)14-17(27-4)15-18(19)20(25)28-6-2/h14-15H,5-13H2,1-4H3/p+1. The molecular weight excluding hydrogens is 356 g/mol. The van der Waals surface area contributed by atoms with Gasteiger partial charge in [0.2, 0.25) is 0 Å². The van der Waals surface area contributed by atoms with E-state index in [2.05, 4.69) is 12.2 Å². The summed E-state index contributed by atoms with van der Waals surface area (Å²) in [6.07, 6.45) is 5.27. The number of benzene rings is 1. The second-order valence-corrected chi connectivity index (χ2v) is 8.04. The highest BCUT2D eigenvalue weighted by atomic mass is 16.5. The van der Waals surface area contributed by atoms with Gasteiger partial charge >= 0.3 is 5.97 Å². The van der Waals surface area contributed by atoms with Crippen molar-refractivity contribution < 1.29 is 23.5 Å². The van der Waals surface area contributed by atoms with Crippen LogP contribution in [-0.2, 0) is 9.53 Å². The number of rotatable bonds is 7. The highest BCUT2D eigenvalue weighted by Crippen LogP contribution is 2.46. The van der Waals surface area contributed by atoms with Gasteiger partial charge in [0.15, 0.2) is 5.54 Å². The fourth-order valence-corrected chi connectivity index (χ4v) is 5.05. The predicted octanol–water partition coefficient (Wildman–Crippen LogP) is 3.67. The summed E-state index contributed by atoms with van der Waals surface area (Å²) in [5.41, 5.74) is 1.33. The molecule has 0 atom stereocenters. The minimum atomic E-state index is -0.442. The van der Waals surface area contributed by atoms with Gasteiger partial charge in [0, 0.05) is 25.7 Å². The molecule has 1 saturated carbocycles. The van der Waals surface area contributed by atoms with E-state index in [0.29, 0.717) is 17.0 Å². The largest absolute Gasteiger partial charge is 0.497 e. The molecule has 0 unspecified atom stereocenters. The summed E-state index contributed by atoms with van der Waals surface area (Å²) in [5, 5.41) is 3.14. The van der Waals surface area contributed by atoms with Gasteiger partial charge in [-0.15, -0.1) is 0 Å². The number of nitrogens with one attached hydrogen (secondary N) is 1. The third kappa shape index (κ3) is 3.28. The van der Waals surface area contributed by atoms with E-state index in [9.17, 15) is 9.59 Å². The van der Waals surface area contributed by atoms with E-state index < -0.39 is 5.97 Å². The zero-order valence-corrected chi connectivity index (χ0v) is 17.6. The van der Waals surface area contributed by atoms with Gasteiger partial charge in [-0.2, -0.15) is 0 Å². The van der Waals surface area contributed by atoms with Crippen LogP contribution in [0.4, 0.5) is 5.69 Å². The lowest BCUT2D eigenvalue weighted by atomic mass is 9.72. The Morgan fingerprint density at radius 3 is 2.32 bits per heavy atom. The molecule has 154 valence electrons. The summed E-state index contributed by atoms with van der Waals surface area (Å²) >= 11 is 0. The van der Waals surface area contributed by atoms with Gasteiger partial charge in [0.05, 0.1) is 44.6 Å². The second-order valence-electron chi connectivity index (χ2n) is 8.04. The van der Waals surface area contributed by atoms with Gasteiger partial charge in [-0.1, -0.05) is 0 Å². The third-order valence-corrected chi connectivity index (χ3v) is 6.82. The number of amides is 1. The summed E-state index contributed by atoms with van der Waals surface area (Å²) in [5.74, 6) is 0.179. The van der Waals surface area contributed by atoms with Crippen LogP contribution in [0.25, 0.3) is 0 Å². The number of hydrogen-bond donors (Lipinski definition) is 1. The van der Waals surface area contributed by atoms with Crippen molar-refractivity contribution in [1.29, 1.82) is 0 Å². The van der Waals surface area contributed by atoms with Gasteiger partial charge in [0.1, 0.15) is 5.75 Å². The van der Waals surface area contributed by atoms with E-state index >= 15 is 0 Å². The minimum absolute atomic E-state index is 0.0429. The van der Waals surface area contributed by atoms with Gasteiger partial charge in [-0.05, 0) is 44.9 Å².